The van der Waals surface area contributed by atoms with Crippen molar-refractivity contribution in [2.24, 2.45) is 0 Å². The smallest absolute Gasteiger partial charge is 1.00 e. The summed E-state index contributed by atoms with van der Waals surface area (Å²) in [5.74, 6) is -2.51. The molecule has 0 amide bonds. The molecule has 56 valence electrons. The van der Waals surface area contributed by atoms with Gasteiger partial charge in [0, 0.05) is 12.2 Å². The maximum Gasteiger partial charge on any atom is 2.00 e. The molecular weight excluding hydrogens is 152 g/mol. The third kappa shape index (κ3) is 15.7. The van der Waals surface area contributed by atoms with E-state index in [0.29, 0.717) is 12.2 Å². The van der Waals surface area contributed by atoms with Gasteiger partial charge < -0.3 is 18.5 Å². The molecule has 0 spiro atoms. The first-order chi connectivity index (χ1) is 3.63. The maximum atomic E-state index is 9.55. The first-order valence-electron chi connectivity index (χ1n) is 1.77. The van der Waals surface area contributed by atoms with E-state index in [1.165, 1.54) is 0 Å². The molecule has 0 aromatic heterocycles. The van der Waals surface area contributed by atoms with Gasteiger partial charge in [-0.3, -0.25) is 0 Å². The van der Waals surface area contributed by atoms with Crippen molar-refractivity contribution < 1.29 is 28.1 Å². The molecule has 0 saturated carbocycles. The fourth-order valence-electron chi connectivity index (χ4n) is 0.143. The number of rotatable bonds is 2. The minimum atomic E-state index is -1.26. The minimum absolute atomic E-state index is 0. The quantitative estimate of drug-likeness (QED) is 0.388. The molecule has 0 aromatic carbocycles. The summed E-state index contributed by atoms with van der Waals surface area (Å²) in [6.45, 7) is 0. The van der Waals surface area contributed by atoms with Crippen molar-refractivity contribution in [1.29, 1.82) is 0 Å². The predicted molar refractivity (Wildman–Crippen MR) is 36.0 cm³/mol. The first kappa shape index (κ1) is 16.2. The maximum absolute atomic E-state index is 9.55. The molecule has 0 aliphatic rings. The molecule has 6 heteroatoms. The fourth-order valence-corrected chi connectivity index (χ4v) is 0.143. The summed E-state index contributed by atoms with van der Waals surface area (Å²) in [6, 6.07) is 0. The van der Waals surface area contributed by atoms with Gasteiger partial charge in [-0.05, 0) is 0 Å². The molecule has 0 unspecified atom stereocenters. The van der Waals surface area contributed by atoms with E-state index in [1.54, 1.807) is 0 Å². The summed E-state index contributed by atoms with van der Waals surface area (Å²) in [5, 5.41) is 15.6. The Balaban J connectivity index is -0.0000000408. The summed E-state index contributed by atoms with van der Waals surface area (Å²) in [5.41, 5.74) is 0. The van der Waals surface area contributed by atoms with Crippen molar-refractivity contribution in [2.75, 3.05) is 0 Å². The molecule has 0 aliphatic carbocycles. The standard InChI is InChI=1S/C4H4O4.Mg.H2O.2H/c5-3(6)1-2-4(7)8;;;;/h1-2H,(H,5,6)(H,7,8);;1H2;;/q;+2;;2*-1/b2-1+;;;;. The van der Waals surface area contributed by atoms with E-state index in [0.717, 1.165) is 0 Å². The number of aliphatic carboxylic acids is 2. The summed E-state index contributed by atoms with van der Waals surface area (Å²) < 4.78 is 0. The van der Waals surface area contributed by atoms with Gasteiger partial charge in [0.25, 0.3) is 0 Å². The van der Waals surface area contributed by atoms with Crippen LogP contribution in [0.4, 0.5) is 0 Å². The Morgan fingerprint density at radius 3 is 1.40 bits per heavy atom. The van der Waals surface area contributed by atoms with Crippen molar-refractivity contribution in [2.45, 2.75) is 0 Å². The molecule has 0 radical (unpaired) electrons. The average molecular weight is 160 g/mol. The van der Waals surface area contributed by atoms with Crippen molar-refractivity contribution >= 4 is 35.0 Å². The van der Waals surface area contributed by atoms with Crippen LogP contribution in [0.2, 0.25) is 0 Å². The van der Waals surface area contributed by atoms with Crippen LogP contribution < -0.4 is 0 Å². The number of carboxylic acid groups (broad SMARTS) is 2. The summed E-state index contributed by atoms with van der Waals surface area (Å²) in [7, 11) is 0. The van der Waals surface area contributed by atoms with Gasteiger partial charge in [-0.25, -0.2) is 9.59 Å². The zero-order valence-corrected chi connectivity index (χ0v) is 6.49. The van der Waals surface area contributed by atoms with Gasteiger partial charge in [0.2, 0.25) is 0 Å². The topological polar surface area (TPSA) is 106 Å². The van der Waals surface area contributed by atoms with Crippen LogP contribution in [-0.2, 0) is 9.59 Å². The zero-order chi connectivity index (χ0) is 6.57. The van der Waals surface area contributed by atoms with E-state index in [9.17, 15) is 9.59 Å². The van der Waals surface area contributed by atoms with E-state index in [2.05, 4.69) is 0 Å². The Hall–Kier alpha value is -0.594. The van der Waals surface area contributed by atoms with E-state index in [4.69, 9.17) is 10.2 Å². The number of carboxylic acids is 2. The van der Waals surface area contributed by atoms with Gasteiger partial charge in [0.05, 0.1) is 0 Å². The SMILES string of the molecule is O.O=C(O)/C=C/C(=O)O.[H-].[H-].[Mg+2]. The summed E-state index contributed by atoms with van der Waals surface area (Å²) in [4.78, 5) is 19.1. The van der Waals surface area contributed by atoms with Gasteiger partial charge in [0.15, 0.2) is 0 Å². The second-order valence-electron chi connectivity index (χ2n) is 1.01. The largest absolute Gasteiger partial charge is 2.00 e. The first-order valence-corrected chi connectivity index (χ1v) is 1.77. The van der Waals surface area contributed by atoms with E-state index < -0.39 is 11.9 Å². The summed E-state index contributed by atoms with van der Waals surface area (Å²) >= 11 is 0. The normalized spacial score (nSPS) is 7.60. The van der Waals surface area contributed by atoms with Crippen LogP contribution in [0.3, 0.4) is 0 Å². The third-order valence-electron chi connectivity index (χ3n) is 0.368. The van der Waals surface area contributed by atoms with Crippen LogP contribution in [0.15, 0.2) is 12.2 Å². The Morgan fingerprint density at radius 1 is 1.10 bits per heavy atom. The number of carbonyl (C=O) groups is 2. The molecule has 0 aliphatic heterocycles. The van der Waals surface area contributed by atoms with Gasteiger partial charge >= 0.3 is 35.0 Å². The molecule has 5 nitrogen and oxygen atoms in total. The second-order valence-corrected chi connectivity index (χ2v) is 1.01. The van der Waals surface area contributed by atoms with Crippen LogP contribution in [0, 0.1) is 0 Å². The summed E-state index contributed by atoms with van der Waals surface area (Å²) in [6.07, 6.45) is 1.12. The van der Waals surface area contributed by atoms with Crippen LogP contribution in [-0.4, -0.2) is 50.7 Å². The van der Waals surface area contributed by atoms with Crippen LogP contribution in [0.1, 0.15) is 2.85 Å². The van der Waals surface area contributed by atoms with Gasteiger partial charge in [-0.1, -0.05) is 0 Å². The van der Waals surface area contributed by atoms with Crippen LogP contribution in [0.25, 0.3) is 0 Å². The van der Waals surface area contributed by atoms with Crippen molar-refractivity contribution in [1.82, 2.24) is 0 Å². The van der Waals surface area contributed by atoms with Crippen molar-refractivity contribution in [3.05, 3.63) is 12.2 Å². The monoisotopic (exact) mass is 160 g/mol. The second kappa shape index (κ2) is 8.41. The van der Waals surface area contributed by atoms with Gasteiger partial charge in [-0.15, -0.1) is 0 Å². The van der Waals surface area contributed by atoms with Crippen molar-refractivity contribution in [3.8, 4) is 0 Å². The fraction of sp³-hybridized carbons (Fsp3) is 0. The zero-order valence-electron chi connectivity index (χ0n) is 7.07. The van der Waals surface area contributed by atoms with Crippen LogP contribution >= 0.6 is 0 Å². The Labute approximate surface area is 75.8 Å². The van der Waals surface area contributed by atoms with E-state index in [1.807, 2.05) is 0 Å². The molecule has 0 rings (SSSR count). The van der Waals surface area contributed by atoms with E-state index in [-0.39, 0.29) is 31.4 Å². The average Bonchev–Trinajstić information content (AvgIpc) is 1.61. The molecule has 0 atom stereocenters. The van der Waals surface area contributed by atoms with Crippen LogP contribution in [0.5, 0.6) is 0 Å². The molecular formula is C4H8MgO5. The molecule has 0 heterocycles. The molecule has 0 fully saturated rings. The molecule has 0 bridgehead atoms. The Kier molecular flexibility index (Phi) is 13.6. The van der Waals surface area contributed by atoms with E-state index >= 15 is 0 Å². The molecule has 10 heavy (non-hydrogen) atoms. The molecule has 4 N–H and O–H groups in total. The number of hydrogen-bond acceptors (Lipinski definition) is 2. The Bertz CT molecular complexity index is 132. The van der Waals surface area contributed by atoms with Gasteiger partial charge in [-0.2, -0.15) is 0 Å². The minimum Gasteiger partial charge on any atom is -1.00 e. The Morgan fingerprint density at radius 2 is 1.30 bits per heavy atom. The van der Waals surface area contributed by atoms with Crippen molar-refractivity contribution in [3.63, 3.8) is 0 Å². The molecule has 0 aromatic rings. The third-order valence-corrected chi connectivity index (χ3v) is 0.368. The molecule has 0 saturated heterocycles. The van der Waals surface area contributed by atoms with Gasteiger partial charge in [0.1, 0.15) is 0 Å². The number of hydrogen-bond donors (Lipinski definition) is 2. The predicted octanol–water partition coefficient (Wildman–Crippen LogP) is -1.27.